The lowest BCUT2D eigenvalue weighted by atomic mass is 10.2. The van der Waals surface area contributed by atoms with E-state index in [-0.39, 0.29) is 6.04 Å². The second-order valence-corrected chi connectivity index (χ2v) is 4.29. The summed E-state index contributed by atoms with van der Waals surface area (Å²) in [6.07, 6.45) is 2.38. The number of rotatable bonds is 5. The van der Waals surface area contributed by atoms with Crippen molar-refractivity contribution in [2.24, 2.45) is 0 Å². The van der Waals surface area contributed by atoms with Crippen molar-refractivity contribution < 1.29 is 9.47 Å². The molecule has 0 aliphatic heterocycles. The fraction of sp³-hybridized carbons (Fsp3) is 0.545. The Kier molecular flexibility index (Phi) is 3.93. The summed E-state index contributed by atoms with van der Waals surface area (Å²) >= 11 is 5.35. The second kappa shape index (κ2) is 5.45. The number of ether oxygens (including phenoxy) is 2. The first kappa shape index (κ1) is 13.0. The van der Waals surface area contributed by atoms with Gasteiger partial charge in [0.15, 0.2) is 10.4 Å². The molecule has 0 radical (unpaired) electrons. The molecule has 7 heteroatoms. The maximum atomic E-state index is 5.35. The van der Waals surface area contributed by atoms with E-state index in [1.165, 1.54) is 6.33 Å². The molecule has 1 atom stereocenters. The molecule has 2 aromatic heterocycles. The van der Waals surface area contributed by atoms with Gasteiger partial charge in [-0.1, -0.05) is 6.92 Å². The smallest absolute Gasteiger partial charge is 0.242 e. The van der Waals surface area contributed by atoms with Gasteiger partial charge >= 0.3 is 0 Å². The molecule has 1 unspecified atom stereocenters. The van der Waals surface area contributed by atoms with Gasteiger partial charge < -0.3 is 14.5 Å². The van der Waals surface area contributed by atoms with E-state index in [0.717, 1.165) is 17.6 Å². The molecule has 2 heterocycles. The molecule has 0 amide bonds. The third-order valence-corrected chi connectivity index (χ3v) is 3.16. The molecular weight excluding hydrogens is 252 g/mol. The number of aromatic amines is 1. The lowest BCUT2D eigenvalue weighted by Gasteiger charge is -2.15. The molecule has 2 rings (SSSR count). The quantitative estimate of drug-likeness (QED) is 0.841. The molecule has 0 fully saturated rings. The van der Waals surface area contributed by atoms with Crippen LogP contribution in [0.15, 0.2) is 6.33 Å². The van der Waals surface area contributed by atoms with Gasteiger partial charge in [0.05, 0.1) is 19.8 Å². The van der Waals surface area contributed by atoms with E-state index in [1.807, 2.05) is 4.57 Å². The Hall–Kier alpha value is -1.47. The SMILES string of the molecule is CCC(COC)n1c(=S)[nH]c2c(OC)ncnc21. The van der Waals surface area contributed by atoms with Crippen molar-refractivity contribution in [2.45, 2.75) is 19.4 Å². The van der Waals surface area contributed by atoms with Crippen LogP contribution in [0.1, 0.15) is 19.4 Å². The van der Waals surface area contributed by atoms with Crippen LogP contribution in [0.25, 0.3) is 11.2 Å². The molecule has 0 saturated heterocycles. The molecule has 0 spiro atoms. The maximum absolute atomic E-state index is 5.35. The van der Waals surface area contributed by atoms with Crippen LogP contribution in [0, 0.1) is 4.77 Å². The summed E-state index contributed by atoms with van der Waals surface area (Å²) in [5, 5.41) is 0. The van der Waals surface area contributed by atoms with Gasteiger partial charge in [-0.3, -0.25) is 4.57 Å². The number of H-pyrrole nitrogens is 1. The summed E-state index contributed by atoms with van der Waals surface area (Å²) in [6.45, 7) is 2.67. The number of nitrogens with zero attached hydrogens (tertiary/aromatic N) is 3. The van der Waals surface area contributed by atoms with Crippen LogP contribution in [-0.4, -0.2) is 40.3 Å². The third-order valence-electron chi connectivity index (χ3n) is 2.86. The van der Waals surface area contributed by atoms with Gasteiger partial charge in [0.25, 0.3) is 0 Å². The highest BCUT2D eigenvalue weighted by Gasteiger charge is 2.17. The van der Waals surface area contributed by atoms with Crippen molar-refractivity contribution in [1.29, 1.82) is 0 Å². The van der Waals surface area contributed by atoms with Gasteiger partial charge in [-0.05, 0) is 18.6 Å². The lowest BCUT2D eigenvalue weighted by molar-refractivity contribution is 0.154. The molecule has 0 aliphatic rings. The Bertz CT molecular complexity index is 592. The van der Waals surface area contributed by atoms with E-state index in [0.29, 0.717) is 17.3 Å². The Labute approximate surface area is 110 Å². The number of methoxy groups -OCH3 is 2. The second-order valence-electron chi connectivity index (χ2n) is 3.90. The molecule has 6 nitrogen and oxygen atoms in total. The minimum atomic E-state index is 0.149. The normalized spacial score (nSPS) is 12.8. The minimum absolute atomic E-state index is 0.149. The van der Waals surface area contributed by atoms with Crippen LogP contribution in [0.5, 0.6) is 5.88 Å². The van der Waals surface area contributed by atoms with Crippen LogP contribution in [-0.2, 0) is 4.74 Å². The molecule has 18 heavy (non-hydrogen) atoms. The topological polar surface area (TPSA) is 65.0 Å². The average molecular weight is 268 g/mol. The van der Waals surface area contributed by atoms with Crippen LogP contribution in [0.2, 0.25) is 0 Å². The van der Waals surface area contributed by atoms with Crippen LogP contribution >= 0.6 is 12.2 Å². The van der Waals surface area contributed by atoms with Crippen LogP contribution in [0.4, 0.5) is 0 Å². The van der Waals surface area contributed by atoms with E-state index >= 15 is 0 Å². The van der Waals surface area contributed by atoms with Crippen molar-refractivity contribution in [2.75, 3.05) is 20.8 Å². The summed E-state index contributed by atoms with van der Waals surface area (Å²) in [4.78, 5) is 11.4. The largest absolute Gasteiger partial charge is 0.479 e. The Balaban J connectivity index is 2.63. The standard InChI is InChI=1S/C11H16N4O2S/c1-4-7(5-16-2)15-9-8(14-11(15)18)10(17-3)13-6-12-9/h6-7H,4-5H2,1-3H3,(H,14,18). The first-order valence-electron chi connectivity index (χ1n) is 5.71. The predicted octanol–water partition coefficient (Wildman–Crippen LogP) is 2.09. The average Bonchev–Trinajstić information content (AvgIpc) is 2.72. The Morgan fingerprint density at radius 1 is 1.44 bits per heavy atom. The molecule has 0 saturated carbocycles. The molecular formula is C11H16N4O2S. The number of imidazole rings is 1. The van der Waals surface area contributed by atoms with Crippen LogP contribution in [0.3, 0.4) is 0 Å². The Morgan fingerprint density at radius 3 is 2.83 bits per heavy atom. The van der Waals surface area contributed by atoms with E-state index in [1.54, 1.807) is 14.2 Å². The highest BCUT2D eigenvalue weighted by Crippen LogP contribution is 2.24. The summed E-state index contributed by atoms with van der Waals surface area (Å²) in [5.74, 6) is 0.497. The Morgan fingerprint density at radius 2 is 2.22 bits per heavy atom. The highest BCUT2D eigenvalue weighted by molar-refractivity contribution is 7.71. The predicted molar refractivity (Wildman–Crippen MR) is 70.5 cm³/mol. The third kappa shape index (κ3) is 2.11. The summed E-state index contributed by atoms with van der Waals surface area (Å²) in [7, 11) is 3.25. The first-order chi connectivity index (χ1) is 8.72. The van der Waals surface area contributed by atoms with E-state index in [2.05, 4.69) is 21.9 Å². The van der Waals surface area contributed by atoms with E-state index < -0.39 is 0 Å². The fourth-order valence-electron chi connectivity index (χ4n) is 1.98. The van der Waals surface area contributed by atoms with Crippen molar-refractivity contribution >= 4 is 23.4 Å². The number of nitrogens with one attached hydrogen (secondary N) is 1. The number of hydrogen-bond donors (Lipinski definition) is 1. The zero-order chi connectivity index (χ0) is 13.1. The van der Waals surface area contributed by atoms with Crippen molar-refractivity contribution in [1.82, 2.24) is 19.5 Å². The minimum Gasteiger partial charge on any atom is -0.479 e. The van der Waals surface area contributed by atoms with Crippen molar-refractivity contribution in [3.63, 3.8) is 0 Å². The first-order valence-corrected chi connectivity index (χ1v) is 6.11. The molecule has 0 bridgehead atoms. The van der Waals surface area contributed by atoms with Gasteiger partial charge in [0.1, 0.15) is 11.8 Å². The van der Waals surface area contributed by atoms with E-state index in [9.17, 15) is 0 Å². The van der Waals surface area contributed by atoms with Gasteiger partial charge in [0, 0.05) is 7.11 Å². The summed E-state index contributed by atoms with van der Waals surface area (Å²) in [6, 6.07) is 0.149. The van der Waals surface area contributed by atoms with E-state index in [4.69, 9.17) is 21.7 Å². The van der Waals surface area contributed by atoms with Gasteiger partial charge in [0.2, 0.25) is 5.88 Å². The monoisotopic (exact) mass is 268 g/mol. The molecule has 0 aromatic carbocycles. The van der Waals surface area contributed by atoms with Gasteiger partial charge in [-0.15, -0.1) is 0 Å². The lowest BCUT2D eigenvalue weighted by Crippen LogP contribution is -2.14. The molecule has 2 aromatic rings. The highest BCUT2D eigenvalue weighted by atomic mass is 32.1. The fourth-order valence-corrected chi connectivity index (χ4v) is 2.31. The van der Waals surface area contributed by atoms with Gasteiger partial charge in [-0.2, -0.15) is 4.98 Å². The summed E-state index contributed by atoms with van der Waals surface area (Å²) < 4.78 is 13.0. The van der Waals surface area contributed by atoms with Crippen LogP contribution < -0.4 is 4.74 Å². The summed E-state index contributed by atoms with van der Waals surface area (Å²) in [5.41, 5.74) is 1.47. The molecule has 98 valence electrons. The number of aromatic nitrogens is 4. The maximum Gasteiger partial charge on any atom is 0.242 e. The van der Waals surface area contributed by atoms with Crippen molar-refractivity contribution in [3.8, 4) is 5.88 Å². The molecule has 0 aliphatic carbocycles. The zero-order valence-corrected chi connectivity index (χ0v) is 11.5. The number of hydrogen-bond acceptors (Lipinski definition) is 5. The van der Waals surface area contributed by atoms with Gasteiger partial charge in [-0.25, -0.2) is 4.98 Å². The number of fused-ring (bicyclic) bond motifs is 1. The van der Waals surface area contributed by atoms with Crippen molar-refractivity contribution in [3.05, 3.63) is 11.1 Å². The zero-order valence-electron chi connectivity index (χ0n) is 10.6. The molecule has 1 N–H and O–H groups in total.